The van der Waals surface area contributed by atoms with Crippen molar-refractivity contribution in [3.8, 4) is 17.2 Å². The Morgan fingerprint density at radius 2 is 1.74 bits per heavy atom. The molecule has 6 nitrogen and oxygen atoms in total. The summed E-state index contributed by atoms with van der Waals surface area (Å²) in [5.41, 5.74) is 0.796. The van der Waals surface area contributed by atoms with E-state index in [1.807, 2.05) is 54.7 Å². The molecule has 0 saturated carbocycles. The van der Waals surface area contributed by atoms with Crippen LogP contribution in [0.4, 0.5) is 0 Å². The number of pyridine rings is 1. The Bertz CT molecular complexity index is 1200. The Morgan fingerprint density at radius 3 is 2.47 bits per heavy atom. The van der Waals surface area contributed by atoms with Crippen molar-refractivity contribution in [3.63, 3.8) is 0 Å². The van der Waals surface area contributed by atoms with Crippen molar-refractivity contribution in [2.45, 2.75) is 62.8 Å². The van der Waals surface area contributed by atoms with Gasteiger partial charge in [0.25, 0.3) is 5.56 Å². The van der Waals surface area contributed by atoms with Gasteiger partial charge in [0, 0.05) is 36.0 Å². The maximum Gasteiger partial charge on any atom is 0.262 e. The van der Waals surface area contributed by atoms with Crippen molar-refractivity contribution >= 4 is 10.8 Å². The first-order chi connectivity index (χ1) is 16.6. The molecule has 4 atom stereocenters. The van der Waals surface area contributed by atoms with Gasteiger partial charge in [-0.15, -0.1) is 0 Å². The van der Waals surface area contributed by atoms with Gasteiger partial charge in [0.1, 0.15) is 24.2 Å². The van der Waals surface area contributed by atoms with Gasteiger partial charge >= 0.3 is 0 Å². The van der Waals surface area contributed by atoms with Crippen molar-refractivity contribution in [2.75, 3.05) is 20.3 Å². The van der Waals surface area contributed by atoms with E-state index in [0.29, 0.717) is 24.1 Å². The zero-order valence-electron chi connectivity index (χ0n) is 19.7. The van der Waals surface area contributed by atoms with Crippen LogP contribution in [0.2, 0.25) is 0 Å². The number of benzene rings is 2. The molecule has 0 N–H and O–H groups in total. The lowest BCUT2D eigenvalue weighted by atomic mass is 10.0. The average molecular weight is 461 g/mol. The van der Waals surface area contributed by atoms with E-state index >= 15 is 0 Å². The van der Waals surface area contributed by atoms with Crippen LogP contribution in [-0.4, -0.2) is 54.0 Å². The molecule has 0 radical (unpaired) electrons. The Balaban J connectivity index is 1.16. The average Bonchev–Trinajstić information content (AvgIpc) is 3.43. The molecule has 1 aromatic heterocycles. The molecule has 3 aromatic rings. The zero-order valence-corrected chi connectivity index (χ0v) is 19.7. The van der Waals surface area contributed by atoms with Gasteiger partial charge in [-0.3, -0.25) is 9.36 Å². The minimum absolute atomic E-state index is 0.0382. The molecule has 0 amide bonds. The summed E-state index contributed by atoms with van der Waals surface area (Å²) in [7, 11) is 2.24. The molecule has 3 aliphatic rings. The molecule has 3 saturated heterocycles. The minimum atomic E-state index is -0.0382. The Labute approximate surface area is 200 Å². The first-order valence-corrected chi connectivity index (χ1v) is 12.5. The summed E-state index contributed by atoms with van der Waals surface area (Å²) >= 11 is 0. The number of hydrogen-bond donors (Lipinski definition) is 0. The van der Waals surface area contributed by atoms with Crippen molar-refractivity contribution < 1.29 is 14.2 Å². The summed E-state index contributed by atoms with van der Waals surface area (Å²) < 4.78 is 19.5. The van der Waals surface area contributed by atoms with Gasteiger partial charge in [0.2, 0.25) is 0 Å². The number of hydrogen-bond acceptors (Lipinski definition) is 5. The second-order valence-electron chi connectivity index (χ2n) is 9.94. The van der Waals surface area contributed by atoms with Crippen LogP contribution in [0.1, 0.15) is 38.5 Å². The van der Waals surface area contributed by atoms with E-state index in [-0.39, 0.29) is 17.8 Å². The number of nitrogens with zero attached hydrogens (tertiary/aromatic N) is 2. The first kappa shape index (κ1) is 21.7. The largest absolute Gasteiger partial charge is 0.491 e. The van der Waals surface area contributed by atoms with E-state index in [2.05, 4.69) is 11.9 Å². The molecule has 2 bridgehead atoms. The molecule has 0 spiro atoms. The maximum absolute atomic E-state index is 13.2. The van der Waals surface area contributed by atoms with Crippen LogP contribution in [0.15, 0.2) is 59.5 Å². The molecule has 178 valence electrons. The van der Waals surface area contributed by atoms with E-state index in [9.17, 15) is 4.79 Å². The first-order valence-electron chi connectivity index (χ1n) is 12.5. The van der Waals surface area contributed by atoms with E-state index in [4.69, 9.17) is 14.2 Å². The second kappa shape index (κ2) is 9.08. The van der Waals surface area contributed by atoms with Crippen molar-refractivity contribution in [2.24, 2.45) is 0 Å². The fourth-order valence-electron chi connectivity index (χ4n) is 5.82. The van der Waals surface area contributed by atoms with Crippen LogP contribution >= 0.6 is 0 Å². The molecular formula is C28H32N2O4. The highest BCUT2D eigenvalue weighted by Gasteiger charge is 2.39. The lowest BCUT2D eigenvalue weighted by Gasteiger charge is -2.36. The third kappa shape index (κ3) is 4.21. The summed E-state index contributed by atoms with van der Waals surface area (Å²) in [5, 5.41) is 1.55. The number of aromatic nitrogens is 1. The third-order valence-corrected chi connectivity index (χ3v) is 7.81. The highest BCUT2D eigenvalue weighted by molar-refractivity contribution is 5.83. The van der Waals surface area contributed by atoms with Gasteiger partial charge in [0.15, 0.2) is 0 Å². The fraction of sp³-hybridized carbons (Fsp3) is 0.464. The summed E-state index contributed by atoms with van der Waals surface area (Å²) in [5.74, 6) is 1.64. The summed E-state index contributed by atoms with van der Waals surface area (Å²) in [6.07, 6.45) is 9.18. The zero-order chi connectivity index (χ0) is 23.1. The molecule has 0 aliphatic carbocycles. The lowest BCUT2D eigenvalue weighted by Crippen LogP contribution is -2.43. The van der Waals surface area contributed by atoms with Crippen LogP contribution in [0, 0.1) is 0 Å². The molecule has 2 aromatic carbocycles. The number of ether oxygens (including phenoxy) is 3. The van der Waals surface area contributed by atoms with Crippen molar-refractivity contribution in [1.29, 1.82) is 0 Å². The molecule has 1 unspecified atom stereocenters. The molecule has 4 heterocycles. The van der Waals surface area contributed by atoms with E-state index in [1.54, 1.807) is 4.57 Å². The third-order valence-electron chi connectivity index (χ3n) is 7.81. The fourth-order valence-corrected chi connectivity index (χ4v) is 5.82. The van der Waals surface area contributed by atoms with Crippen molar-refractivity contribution in [1.82, 2.24) is 9.47 Å². The topological polar surface area (TPSA) is 52.9 Å². The normalized spacial score (nSPS) is 26.7. The van der Waals surface area contributed by atoms with E-state index in [0.717, 1.165) is 54.9 Å². The van der Waals surface area contributed by atoms with Crippen LogP contribution in [0.3, 0.4) is 0 Å². The highest BCUT2D eigenvalue weighted by atomic mass is 16.5. The quantitative estimate of drug-likeness (QED) is 0.540. The van der Waals surface area contributed by atoms with Gasteiger partial charge in [-0.1, -0.05) is 0 Å². The summed E-state index contributed by atoms with van der Waals surface area (Å²) in [6, 6.07) is 16.8. The maximum atomic E-state index is 13.2. The standard InChI is InChI=1S/C28H32N2O4/c1-29-21-4-5-22(29)17-26(16-21)34-23-8-6-20(7-9-23)30-13-12-19-15-24(10-11-27(19)28(30)31)33-18-25-3-2-14-32-25/h6-13,15,21-22,25-26H,2-5,14,16-18H2,1H3/t21-,22+,25-,26?/m0/s1. The number of fused-ring (bicyclic) bond motifs is 3. The molecule has 3 fully saturated rings. The van der Waals surface area contributed by atoms with Crippen LogP contribution in [0.5, 0.6) is 11.5 Å². The molecular weight excluding hydrogens is 428 g/mol. The van der Waals surface area contributed by atoms with Gasteiger partial charge in [-0.25, -0.2) is 0 Å². The molecule has 6 heteroatoms. The highest BCUT2D eigenvalue weighted by Crippen LogP contribution is 2.36. The van der Waals surface area contributed by atoms with Crippen LogP contribution < -0.4 is 15.0 Å². The molecule has 6 rings (SSSR count). The van der Waals surface area contributed by atoms with Crippen molar-refractivity contribution in [3.05, 3.63) is 65.1 Å². The Morgan fingerprint density at radius 1 is 0.971 bits per heavy atom. The van der Waals surface area contributed by atoms with E-state index in [1.165, 1.54) is 12.8 Å². The Hall–Kier alpha value is -2.83. The predicted octanol–water partition coefficient (Wildman–Crippen LogP) is 4.55. The van der Waals surface area contributed by atoms with E-state index < -0.39 is 0 Å². The number of rotatable bonds is 6. The van der Waals surface area contributed by atoms with Gasteiger partial charge < -0.3 is 19.1 Å². The lowest BCUT2D eigenvalue weighted by molar-refractivity contribution is 0.0661. The van der Waals surface area contributed by atoms with Crippen LogP contribution in [-0.2, 0) is 4.74 Å². The second-order valence-corrected chi connectivity index (χ2v) is 9.94. The SMILES string of the molecule is CN1[C@@H]2CC[C@H]1CC(Oc1ccc(-n3ccc4cc(OC[C@@H]5CCCO5)ccc4c3=O)cc1)C2. The minimum Gasteiger partial charge on any atom is -0.491 e. The van der Waals surface area contributed by atoms with Gasteiger partial charge in [0.05, 0.1) is 6.10 Å². The van der Waals surface area contributed by atoms with Gasteiger partial charge in [-0.05, 0) is 99.5 Å². The molecule has 34 heavy (non-hydrogen) atoms. The summed E-state index contributed by atoms with van der Waals surface area (Å²) in [6.45, 7) is 1.37. The van der Waals surface area contributed by atoms with Crippen LogP contribution in [0.25, 0.3) is 16.5 Å². The smallest absolute Gasteiger partial charge is 0.262 e. The Kier molecular flexibility index (Phi) is 5.79. The summed E-state index contributed by atoms with van der Waals surface area (Å²) in [4.78, 5) is 15.7. The molecule has 3 aliphatic heterocycles. The van der Waals surface area contributed by atoms with Gasteiger partial charge in [-0.2, -0.15) is 0 Å². The predicted molar refractivity (Wildman–Crippen MR) is 132 cm³/mol. The monoisotopic (exact) mass is 460 g/mol. The number of piperidine rings is 1.